The van der Waals surface area contributed by atoms with E-state index in [1.165, 1.54) is 231 Å². The van der Waals surface area contributed by atoms with E-state index < -0.39 is 12.1 Å². The van der Waals surface area contributed by atoms with Crippen molar-refractivity contribution in [1.29, 1.82) is 0 Å². The maximum atomic E-state index is 12.4. The van der Waals surface area contributed by atoms with E-state index in [0.29, 0.717) is 25.9 Å². The molecule has 374 valence electrons. The van der Waals surface area contributed by atoms with Crippen LogP contribution in [0, 0.1) is 0 Å². The highest BCUT2D eigenvalue weighted by atomic mass is 16.5. The van der Waals surface area contributed by atoms with Crippen LogP contribution in [0.4, 0.5) is 0 Å². The van der Waals surface area contributed by atoms with Crippen LogP contribution >= 0.6 is 0 Å². The minimum atomic E-state index is -0.670. The van der Waals surface area contributed by atoms with Crippen molar-refractivity contribution in [3.8, 4) is 0 Å². The number of ether oxygens (including phenoxy) is 1. The Morgan fingerprint density at radius 1 is 0.429 bits per heavy atom. The van der Waals surface area contributed by atoms with Gasteiger partial charge in [0.1, 0.15) is 0 Å². The van der Waals surface area contributed by atoms with E-state index in [9.17, 15) is 19.8 Å². The van der Waals surface area contributed by atoms with Gasteiger partial charge in [0.2, 0.25) is 5.91 Å². The fraction of sp³-hybridized carbons (Fsp3) is 0.930. The quantitative estimate of drug-likeness (QED) is 0.0321. The molecule has 0 aromatic heterocycles. The Hall–Kier alpha value is -1.40. The predicted molar refractivity (Wildman–Crippen MR) is 273 cm³/mol. The van der Waals surface area contributed by atoms with E-state index >= 15 is 0 Å². The normalized spacial score (nSPS) is 12.6. The molecular weight excluding hydrogens is 779 g/mol. The maximum absolute atomic E-state index is 12.4. The van der Waals surface area contributed by atoms with Crippen LogP contribution in [0.1, 0.15) is 316 Å². The first-order valence-corrected chi connectivity index (χ1v) is 28.4. The number of rotatable bonds is 53. The van der Waals surface area contributed by atoms with Gasteiger partial charge < -0.3 is 20.3 Å². The number of amides is 1. The van der Waals surface area contributed by atoms with Crippen molar-refractivity contribution in [2.45, 2.75) is 328 Å². The second-order valence-electron chi connectivity index (χ2n) is 19.6. The zero-order valence-corrected chi connectivity index (χ0v) is 42.6. The molecule has 63 heavy (non-hydrogen) atoms. The van der Waals surface area contributed by atoms with Gasteiger partial charge in [-0.1, -0.05) is 264 Å². The highest BCUT2D eigenvalue weighted by Crippen LogP contribution is 2.17. The van der Waals surface area contributed by atoms with Gasteiger partial charge in [0.05, 0.1) is 25.4 Å². The Balaban J connectivity index is 3.41. The molecule has 0 aliphatic heterocycles. The lowest BCUT2D eigenvalue weighted by atomic mass is 10.0. The standard InChI is InChI=1S/C57H111NO5/c1-3-5-7-9-11-13-15-16-17-18-21-24-27-31-35-39-43-47-51-57(62)63-52-48-44-40-36-32-28-25-22-19-20-23-26-30-34-38-42-46-50-56(61)58-54(53-59)55(60)49-45-41-37-33-29-14-12-10-8-6-4-2/h19,22,54-55,59-60H,3-18,20-21,23-53H2,1-2H3,(H,58,61)/b22-19-. The number of nitrogens with one attached hydrogen (secondary N) is 1. The van der Waals surface area contributed by atoms with Gasteiger partial charge in [-0.15, -0.1) is 0 Å². The summed E-state index contributed by atoms with van der Waals surface area (Å²) in [6.07, 6.45) is 62.0. The highest BCUT2D eigenvalue weighted by Gasteiger charge is 2.20. The number of carbonyl (C=O) groups excluding carboxylic acids is 2. The van der Waals surface area contributed by atoms with Gasteiger partial charge in [-0.3, -0.25) is 9.59 Å². The largest absolute Gasteiger partial charge is 0.466 e. The number of unbranched alkanes of at least 4 members (excludes halogenated alkanes) is 40. The second kappa shape index (κ2) is 53.2. The van der Waals surface area contributed by atoms with Gasteiger partial charge in [-0.2, -0.15) is 0 Å². The molecule has 0 bridgehead atoms. The van der Waals surface area contributed by atoms with Crippen LogP contribution < -0.4 is 5.32 Å². The van der Waals surface area contributed by atoms with Crippen molar-refractivity contribution in [3.05, 3.63) is 12.2 Å². The fourth-order valence-corrected chi connectivity index (χ4v) is 8.93. The third kappa shape index (κ3) is 49.9. The van der Waals surface area contributed by atoms with E-state index in [-0.39, 0.29) is 18.5 Å². The molecule has 6 heteroatoms. The number of hydrogen-bond acceptors (Lipinski definition) is 5. The molecule has 2 unspecified atom stereocenters. The van der Waals surface area contributed by atoms with E-state index in [0.717, 1.165) is 51.4 Å². The molecule has 3 N–H and O–H groups in total. The first kappa shape index (κ1) is 61.6. The average molecular weight is 891 g/mol. The summed E-state index contributed by atoms with van der Waals surface area (Å²) >= 11 is 0. The zero-order valence-electron chi connectivity index (χ0n) is 42.6. The van der Waals surface area contributed by atoms with Crippen molar-refractivity contribution >= 4 is 11.9 Å². The van der Waals surface area contributed by atoms with Crippen molar-refractivity contribution in [3.63, 3.8) is 0 Å². The van der Waals surface area contributed by atoms with E-state index in [4.69, 9.17) is 4.74 Å². The van der Waals surface area contributed by atoms with Gasteiger partial charge in [0.25, 0.3) is 0 Å². The summed E-state index contributed by atoms with van der Waals surface area (Å²) in [5.74, 6) is -0.0442. The zero-order chi connectivity index (χ0) is 45.8. The summed E-state index contributed by atoms with van der Waals surface area (Å²) in [5.41, 5.74) is 0. The van der Waals surface area contributed by atoms with Gasteiger partial charge in [0.15, 0.2) is 0 Å². The lowest BCUT2D eigenvalue weighted by Crippen LogP contribution is -2.45. The van der Waals surface area contributed by atoms with E-state index in [2.05, 4.69) is 31.3 Å². The molecule has 0 aromatic carbocycles. The summed E-state index contributed by atoms with van der Waals surface area (Å²) in [6, 6.07) is -0.548. The monoisotopic (exact) mass is 890 g/mol. The number of hydrogen-bond donors (Lipinski definition) is 3. The minimum Gasteiger partial charge on any atom is -0.466 e. The summed E-state index contributed by atoms with van der Waals surface area (Å²) in [5, 5.41) is 23.1. The molecule has 0 aliphatic rings. The lowest BCUT2D eigenvalue weighted by molar-refractivity contribution is -0.143. The van der Waals surface area contributed by atoms with Crippen LogP contribution in [0.5, 0.6) is 0 Å². The Labute approximate surface area is 393 Å². The first-order chi connectivity index (χ1) is 31.0. The van der Waals surface area contributed by atoms with Gasteiger partial charge >= 0.3 is 5.97 Å². The van der Waals surface area contributed by atoms with Crippen molar-refractivity contribution in [2.75, 3.05) is 13.2 Å². The van der Waals surface area contributed by atoms with Crippen LogP contribution in [0.2, 0.25) is 0 Å². The van der Waals surface area contributed by atoms with Crippen LogP contribution in [-0.2, 0) is 14.3 Å². The van der Waals surface area contributed by atoms with Crippen LogP contribution in [0.3, 0.4) is 0 Å². The molecule has 0 rings (SSSR count). The molecule has 0 fully saturated rings. The molecule has 0 spiro atoms. The van der Waals surface area contributed by atoms with Crippen molar-refractivity contribution < 1.29 is 24.5 Å². The Bertz CT molecular complexity index is 939. The third-order valence-electron chi connectivity index (χ3n) is 13.3. The number of allylic oxidation sites excluding steroid dienone is 2. The van der Waals surface area contributed by atoms with E-state index in [1.54, 1.807) is 0 Å². The van der Waals surface area contributed by atoms with Crippen LogP contribution in [-0.4, -0.2) is 47.4 Å². The molecule has 0 aliphatic carbocycles. The van der Waals surface area contributed by atoms with Gasteiger partial charge in [0, 0.05) is 12.8 Å². The van der Waals surface area contributed by atoms with Gasteiger partial charge in [-0.25, -0.2) is 0 Å². The molecule has 1 amide bonds. The molecular formula is C57H111NO5. The Morgan fingerprint density at radius 3 is 1.13 bits per heavy atom. The highest BCUT2D eigenvalue weighted by molar-refractivity contribution is 5.76. The average Bonchev–Trinajstić information content (AvgIpc) is 3.28. The fourth-order valence-electron chi connectivity index (χ4n) is 8.93. The molecule has 0 heterocycles. The second-order valence-corrected chi connectivity index (χ2v) is 19.6. The Kier molecular flexibility index (Phi) is 52.0. The third-order valence-corrected chi connectivity index (χ3v) is 13.3. The maximum Gasteiger partial charge on any atom is 0.305 e. The number of aliphatic hydroxyl groups is 2. The minimum absolute atomic E-state index is 0.00283. The molecule has 0 saturated heterocycles. The summed E-state index contributed by atoms with van der Waals surface area (Å²) in [7, 11) is 0. The van der Waals surface area contributed by atoms with Crippen molar-refractivity contribution in [2.24, 2.45) is 0 Å². The van der Waals surface area contributed by atoms with E-state index in [1.807, 2.05) is 0 Å². The van der Waals surface area contributed by atoms with Crippen LogP contribution in [0.25, 0.3) is 0 Å². The summed E-state index contributed by atoms with van der Waals surface area (Å²) < 4.78 is 5.48. The molecule has 6 nitrogen and oxygen atoms in total. The van der Waals surface area contributed by atoms with Gasteiger partial charge in [-0.05, 0) is 51.4 Å². The topological polar surface area (TPSA) is 95.9 Å². The molecule has 0 saturated carbocycles. The predicted octanol–water partition coefficient (Wildman–Crippen LogP) is 17.3. The lowest BCUT2D eigenvalue weighted by Gasteiger charge is -2.22. The molecule has 0 radical (unpaired) electrons. The smallest absolute Gasteiger partial charge is 0.305 e. The number of carbonyl (C=O) groups is 2. The van der Waals surface area contributed by atoms with Crippen LogP contribution in [0.15, 0.2) is 12.2 Å². The molecule has 2 atom stereocenters. The first-order valence-electron chi connectivity index (χ1n) is 28.4. The number of aliphatic hydroxyl groups excluding tert-OH is 2. The SMILES string of the molecule is CCCCCCCCCCCCCCCCCCCCC(=O)OCCCCCCCC/C=C\CCCCCCCCCC(=O)NC(CO)C(O)CCCCCCCCCCCCC. The summed E-state index contributed by atoms with van der Waals surface area (Å²) in [4.78, 5) is 24.5. The van der Waals surface area contributed by atoms with Crippen molar-refractivity contribution in [1.82, 2.24) is 5.32 Å². The Morgan fingerprint density at radius 2 is 0.746 bits per heavy atom. The summed E-state index contributed by atoms with van der Waals surface area (Å²) in [6.45, 7) is 4.94. The number of esters is 1. The molecule has 0 aromatic rings.